The molecule has 4 heteroatoms. The zero-order valence-corrected chi connectivity index (χ0v) is 14.6. The molecule has 4 fully saturated rings. The second-order valence-electron chi connectivity index (χ2n) is 7.79. The lowest BCUT2D eigenvalue weighted by atomic mass is 9.65. The van der Waals surface area contributed by atoms with Crippen LogP contribution in [0, 0.1) is 29.8 Å². The number of piperidine rings is 2. The van der Waals surface area contributed by atoms with Crippen molar-refractivity contribution in [1.29, 1.82) is 0 Å². The summed E-state index contributed by atoms with van der Waals surface area (Å²) in [4.78, 5) is 15.7. The molecule has 0 radical (unpaired) electrons. The second-order valence-corrected chi connectivity index (χ2v) is 8.41. The minimum Gasteiger partial charge on any atom is -0.434 e. The molecule has 4 unspecified atom stereocenters. The van der Waals surface area contributed by atoms with Gasteiger partial charge >= 0.3 is 0 Å². The number of alkyl halides is 1. The first-order chi connectivity index (χ1) is 11.2. The van der Waals surface area contributed by atoms with Crippen molar-refractivity contribution < 1.29 is 9.53 Å². The molecule has 23 heavy (non-hydrogen) atoms. The Morgan fingerprint density at radius 2 is 1.96 bits per heavy atom. The molecule has 0 spiro atoms. The third-order valence-corrected chi connectivity index (χ3v) is 7.18. The van der Waals surface area contributed by atoms with Crippen molar-refractivity contribution in [2.45, 2.75) is 75.4 Å². The maximum atomic E-state index is 13.1. The van der Waals surface area contributed by atoms with Crippen LogP contribution >= 0.6 is 11.6 Å². The van der Waals surface area contributed by atoms with Gasteiger partial charge in [-0.3, -0.25) is 9.69 Å². The maximum absolute atomic E-state index is 13.1. The molecule has 4 rings (SSSR count). The Morgan fingerprint density at radius 1 is 1.17 bits per heavy atom. The molecule has 3 saturated heterocycles. The van der Waals surface area contributed by atoms with E-state index in [0.717, 1.165) is 19.4 Å². The first-order valence-electron chi connectivity index (χ1n) is 9.20. The third kappa shape index (κ3) is 2.68. The Balaban J connectivity index is 1.57. The number of hydrogen-bond acceptors (Lipinski definition) is 3. The first kappa shape index (κ1) is 15.8. The van der Waals surface area contributed by atoms with E-state index in [1.807, 2.05) is 0 Å². The van der Waals surface area contributed by atoms with Gasteiger partial charge in [0.15, 0.2) is 11.9 Å². The number of carbonyl (C=O) groups is 1. The summed E-state index contributed by atoms with van der Waals surface area (Å²) in [6.45, 7) is 2.51. The zero-order valence-electron chi connectivity index (χ0n) is 13.8. The molecule has 1 saturated carbocycles. The largest absolute Gasteiger partial charge is 0.434 e. The molecule has 6 atom stereocenters. The summed E-state index contributed by atoms with van der Waals surface area (Å²) in [5.74, 6) is 4.48. The van der Waals surface area contributed by atoms with E-state index in [-0.39, 0.29) is 12.0 Å². The summed E-state index contributed by atoms with van der Waals surface area (Å²) >= 11 is 6.29. The number of ketones is 1. The molecule has 3 heterocycles. The number of hydrogen-bond donors (Lipinski definition) is 0. The normalized spacial score (nSPS) is 48.5. The van der Waals surface area contributed by atoms with Crippen LogP contribution in [0.3, 0.4) is 0 Å². The highest BCUT2D eigenvalue weighted by molar-refractivity contribution is 6.20. The number of ether oxygens (including phenoxy) is 1. The lowest BCUT2D eigenvalue weighted by molar-refractivity contribution is -0.150. The summed E-state index contributed by atoms with van der Waals surface area (Å²) in [6, 6.07) is 1.12. The number of halogens is 1. The van der Waals surface area contributed by atoms with Crippen LogP contribution in [0.1, 0.15) is 51.9 Å². The van der Waals surface area contributed by atoms with Crippen molar-refractivity contribution in [3.8, 4) is 12.0 Å². The van der Waals surface area contributed by atoms with E-state index in [1.165, 1.54) is 32.1 Å². The van der Waals surface area contributed by atoms with Gasteiger partial charge in [-0.25, -0.2) is 0 Å². The standard InChI is InChI=1S/C19H26ClNO2/c1-2-9-23-17-11-21-14-7-8-16(21)18(19(17)22)15(10-14)12-3-5-13(20)6-4-12/h12-18H,3-8,10-11H2,1H3/t12?,13?,14-,15-,16?,17?,18?/m1/s1. The lowest BCUT2D eigenvalue weighted by Crippen LogP contribution is -2.62. The highest BCUT2D eigenvalue weighted by Crippen LogP contribution is 2.51. The smallest absolute Gasteiger partial charge is 0.181 e. The predicted molar refractivity (Wildman–Crippen MR) is 90.0 cm³/mol. The van der Waals surface area contributed by atoms with Crippen LogP contribution in [0.5, 0.6) is 0 Å². The van der Waals surface area contributed by atoms with E-state index in [0.29, 0.717) is 35.1 Å². The highest BCUT2D eigenvalue weighted by atomic mass is 35.5. The fourth-order valence-corrected chi connectivity index (χ4v) is 6.00. The van der Waals surface area contributed by atoms with E-state index in [1.54, 1.807) is 6.92 Å². The van der Waals surface area contributed by atoms with Crippen molar-refractivity contribution in [2.75, 3.05) is 6.54 Å². The fourth-order valence-electron chi connectivity index (χ4n) is 5.75. The van der Waals surface area contributed by atoms with Crippen LogP contribution in [-0.2, 0) is 9.53 Å². The van der Waals surface area contributed by atoms with E-state index in [9.17, 15) is 4.79 Å². The van der Waals surface area contributed by atoms with Crippen LogP contribution in [0.4, 0.5) is 0 Å². The molecule has 0 amide bonds. The van der Waals surface area contributed by atoms with Crippen molar-refractivity contribution in [3.63, 3.8) is 0 Å². The quantitative estimate of drug-likeness (QED) is 0.573. The van der Waals surface area contributed by atoms with Gasteiger partial charge in [0.05, 0.1) is 0 Å². The first-order valence-corrected chi connectivity index (χ1v) is 9.63. The Kier molecular flexibility index (Phi) is 4.32. The maximum Gasteiger partial charge on any atom is 0.181 e. The molecule has 0 aromatic carbocycles. The minimum absolute atomic E-state index is 0.169. The summed E-state index contributed by atoms with van der Waals surface area (Å²) in [5.41, 5.74) is 0. The van der Waals surface area contributed by atoms with Gasteiger partial charge in [0.25, 0.3) is 0 Å². The van der Waals surface area contributed by atoms with Crippen LogP contribution in [0.25, 0.3) is 0 Å². The molecule has 0 N–H and O–H groups in total. The Hall–Kier alpha value is -0.720. The minimum atomic E-state index is -0.337. The number of rotatable bonds is 2. The molecular weight excluding hydrogens is 310 g/mol. The summed E-state index contributed by atoms with van der Waals surface area (Å²) in [6.07, 6.45) is 10.6. The van der Waals surface area contributed by atoms with Crippen molar-refractivity contribution in [1.82, 2.24) is 4.90 Å². The van der Waals surface area contributed by atoms with Gasteiger partial charge in [0.2, 0.25) is 0 Å². The number of nitrogens with zero attached hydrogens (tertiary/aromatic N) is 1. The van der Waals surface area contributed by atoms with Crippen LogP contribution < -0.4 is 0 Å². The van der Waals surface area contributed by atoms with Crippen molar-refractivity contribution in [2.24, 2.45) is 17.8 Å². The van der Waals surface area contributed by atoms with E-state index >= 15 is 0 Å². The monoisotopic (exact) mass is 335 g/mol. The lowest BCUT2D eigenvalue weighted by Gasteiger charge is -2.51. The molecule has 3 aliphatic heterocycles. The van der Waals surface area contributed by atoms with Gasteiger partial charge in [0, 0.05) is 36.8 Å². The average Bonchev–Trinajstić information content (AvgIpc) is 2.83. The molecule has 0 aromatic heterocycles. The van der Waals surface area contributed by atoms with Gasteiger partial charge in [-0.15, -0.1) is 11.6 Å². The van der Waals surface area contributed by atoms with E-state index < -0.39 is 0 Å². The predicted octanol–water partition coefficient (Wildman–Crippen LogP) is 3.20. The molecule has 126 valence electrons. The topological polar surface area (TPSA) is 29.5 Å². The highest BCUT2D eigenvalue weighted by Gasteiger charge is 2.57. The summed E-state index contributed by atoms with van der Waals surface area (Å²) in [7, 11) is 0. The average molecular weight is 336 g/mol. The molecule has 4 bridgehead atoms. The summed E-state index contributed by atoms with van der Waals surface area (Å²) in [5, 5.41) is 0.348. The third-order valence-electron chi connectivity index (χ3n) is 6.74. The van der Waals surface area contributed by atoms with Crippen molar-refractivity contribution >= 4 is 17.4 Å². The zero-order chi connectivity index (χ0) is 16.0. The molecule has 1 aliphatic carbocycles. The van der Waals surface area contributed by atoms with Crippen LogP contribution in [-0.4, -0.2) is 40.8 Å². The number of carbonyl (C=O) groups excluding carboxylic acids is 1. The van der Waals surface area contributed by atoms with Crippen LogP contribution in [0.2, 0.25) is 0 Å². The van der Waals surface area contributed by atoms with E-state index in [4.69, 9.17) is 16.3 Å². The van der Waals surface area contributed by atoms with E-state index in [2.05, 4.69) is 16.9 Å². The molecule has 4 aliphatic rings. The molecule has 3 nitrogen and oxygen atoms in total. The summed E-state index contributed by atoms with van der Waals surface area (Å²) < 4.78 is 5.58. The second kappa shape index (κ2) is 6.30. The Morgan fingerprint density at radius 3 is 2.70 bits per heavy atom. The fraction of sp³-hybridized carbons (Fsp3) is 0.842. The molecular formula is C19H26ClNO2. The van der Waals surface area contributed by atoms with Gasteiger partial charge in [0.1, 0.15) is 6.11 Å². The van der Waals surface area contributed by atoms with Gasteiger partial charge < -0.3 is 4.74 Å². The Bertz CT molecular complexity index is 531. The molecule has 0 aromatic rings. The SMILES string of the molecule is CC#COC1CN2C3CC[C@@H]2C[C@H](C2CCC(Cl)CC2)C3C1=O. The van der Waals surface area contributed by atoms with Gasteiger partial charge in [-0.2, -0.15) is 0 Å². The van der Waals surface area contributed by atoms with Gasteiger partial charge in [-0.05, 0) is 56.8 Å². The van der Waals surface area contributed by atoms with Crippen molar-refractivity contribution in [3.05, 3.63) is 0 Å². The number of Topliss-reactive ketones (excluding diaryl/α,β-unsaturated/α-hetero) is 1. The van der Waals surface area contributed by atoms with Gasteiger partial charge in [-0.1, -0.05) is 5.92 Å². The van der Waals surface area contributed by atoms with Crippen LogP contribution in [0.15, 0.2) is 0 Å². The Labute approximate surface area is 144 Å².